The number of rotatable bonds is 4. The quantitative estimate of drug-likeness (QED) is 0.863. The van der Waals surface area contributed by atoms with Crippen molar-refractivity contribution in [2.45, 2.75) is 45.4 Å². The monoisotopic (exact) mass is 290 g/mol. The van der Waals surface area contributed by atoms with E-state index in [-0.39, 0.29) is 5.92 Å². The van der Waals surface area contributed by atoms with Crippen LogP contribution in [-0.4, -0.2) is 37.5 Å². The van der Waals surface area contributed by atoms with E-state index in [4.69, 9.17) is 0 Å². The molecule has 118 valence electrons. The number of carbonyl (C=O) groups excluding carboxylic acids is 1. The summed E-state index contributed by atoms with van der Waals surface area (Å²) in [5, 5.41) is 3.29. The summed E-state index contributed by atoms with van der Waals surface area (Å²) < 4.78 is 0. The summed E-state index contributed by atoms with van der Waals surface area (Å²) in [7, 11) is 2.06. The first-order chi connectivity index (χ1) is 10.0. The molecule has 4 aliphatic carbocycles. The first kappa shape index (κ1) is 14.0. The highest BCUT2D eigenvalue weighted by molar-refractivity contribution is 5.78. The molecule has 1 heterocycles. The lowest BCUT2D eigenvalue weighted by atomic mass is 9.49. The third kappa shape index (κ3) is 2.42. The van der Waals surface area contributed by atoms with Crippen LogP contribution < -0.4 is 5.32 Å². The Hall–Kier alpha value is -0.570. The minimum atomic E-state index is 0.199. The van der Waals surface area contributed by atoms with E-state index in [1.54, 1.807) is 0 Å². The molecule has 0 aromatic heterocycles. The lowest BCUT2D eigenvalue weighted by molar-refractivity contribution is -0.141. The van der Waals surface area contributed by atoms with Gasteiger partial charge in [-0.2, -0.15) is 0 Å². The van der Waals surface area contributed by atoms with Gasteiger partial charge in [-0.15, -0.1) is 0 Å². The average molecular weight is 290 g/mol. The molecule has 1 unspecified atom stereocenters. The molecule has 0 aromatic carbocycles. The fourth-order valence-electron chi connectivity index (χ4n) is 6.28. The second kappa shape index (κ2) is 4.97. The standard InChI is InChI=1S/C18H30N2O/c1-12(16-9-19-10-16)17(21)20(2)11-18-6-13-3-14(7-18)5-15(4-13)8-18/h12-16,19H,3-11H2,1-2H3. The first-order valence-electron chi connectivity index (χ1n) is 9.00. The maximum Gasteiger partial charge on any atom is 0.225 e. The van der Waals surface area contributed by atoms with Crippen molar-refractivity contribution in [3.05, 3.63) is 0 Å². The van der Waals surface area contributed by atoms with Crippen LogP contribution >= 0.6 is 0 Å². The van der Waals surface area contributed by atoms with Gasteiger partial charge in [-0.3, -0.25) is 4.79 Å². The summed E-state index contributed by atoms with van der Waals surface area (Å²) in [6.45, 7) is 5.21. The molecule has 4 saturated carbocycles. The van der Waals surface area contributed by atoms with Crippen molar-refractivity contribution in [3.63, 3.8) is 0 Å². The van der Waals surface area contributed by atoms with Crippen molar-refractivity contribution in [2.75, 3.05) is 26.7 Å². The van der Waals surface area contributed by atoms with Crippen LogP contribution in [0, 0.1) is 35.0 Å². The van der Waals surface area contributed by atoms with Crippen molar-refractivity contribution >= 4 is 5.91 Å². The topological polar surface area (TPSA) is 32.3 Å². The van der Waals surface area contributed by atoms with Crippen LogP contribution in [0.5, 0.6) is 0 Å². The van der Waals surface area contributed by atoms with Gasteiger partial charge in [-0.05, 0) is 80.7 Å². The summed E-state index contributed by atoms with van der Waals surface area (Å²) in [5.74, 6) is 4.09. The van der Waals surface area contributed by atoms with E-state index in [2.05, 4.69) is 24.2 Å². The van der Waals surface area contributed by atoms with E-state index >= 15 is 0 Å². The molecule has 0 spiro atoms. The molecule has 1 saturated heterocycles. The normalized spacial score (nSPS) is 42.7. The Morgan fingerprint density at radius 1 is 1.14 bits per heavy atom. The van der Waals surface area contributed by atoms with Crippen molar-refractivity contribution < 1.29 is 4.79 Å². The molecule has 1 aliphatic heterocycles. The summed E-state index contributed by atoms with van der Waals surface area (Å²) in [5.41, 5.74) is 0.483. The molecule has 1 atom stereocenters. The highest BCUT2D eigenvalue weighted by Gasteiger charge is 2.51. The molecule has 5 aliphatic rings. The van der Waals surface area contributed by atoms with Crippen LogP contribution in [0.4, 0.5) is 0 Å². The van der Waals surface area contributed by atoms with E-state index in [0.717, 1.165) is 37.4 Å². The molecule has 4 bridgehead atoms. The van der Waals surface area contributed by atoms with E-state index in [1.807, 2.05) is 0 Å². The zero-order valence-electron chi connectivity index (χ0n) is 13.6. The van der Waals surface area contributed by atoms with E-state index in [1.165, 1.54) is 38.5 Å². The van der Waals surface area contributed by atoms with Crippen LogP contribution in [0.15, 0.2) is 0 Å². The van der Waals surface area contributed by atoms with Crippen LogP contribution in [0.2, 0.25) is 0 Å². The second-order valence-electron chi connectivity index (χ2n) is 8.82. The molecule has 0 aromatic rings. The minimum absolute atomic E-state index is 0.199. The number of carbonyl (C=O) groups is 1. The lowest BCUT2D eigenvalue weighted by Gasteiger charge is -2.57. The molecular weight excluding hydrogens is 260 g/mol. The molecule has 3 nitrogen and oxygen atoms in total. The van der Waals surface area contributed by atoms with E-state index < -0.39 is 0 Å². The highest BCUT2D eigenvalue weighted by Crippen LogP contribution is 2.60. The number of hydrogen-bond donors (Lipinski definition) is 1. The summed E-state index contributed by atoms with van der Waals surface area (Å²) in [4.78, 5) is 14.8. The summed E-state index contributed by atoms with van der Waals surface area (Å²) in [6.07, 6.45) is 8.66. The smallest absolute Gasteiger partial charge is 0.225 e. The zero-order valence-corrected chi connectivity index (χ0v) is 13.6. The van der Waals surface area contributed by atoms with Crippen molar-refractivity contribution in [1.29, 1.82) is 0 Å². The van der Waals surface area contributed by atoms with Crippen LogP contribution in [0.1, 0.15) is 45.4 Å². The first-order valence-corrected chi connectivity index (χ1v) is 9.00. The Bertz CT molecular complexity index is 394. The zero-order chi connectivity index (χ0) is 14.6. The van der Waals surface area contributed by atoms with E-state index in [0.29, 0.717) is 17.2 Å². The van der Waals surface area contributed by atoms with Gasteiger partial charge in [0.05, 0.1) is 0 Å². The van der Waals surface area contributed by atoms with Crippen molar-refractivity contribution in [3.8, 4) is 0 Å². The van der Waals surface area contributed by atoms with Crippen LogP contribution in [-0.2, 0) is 4.79 Å². The van der Waals surface area contributed by atoms with Crippen LogP contribution in [0.3, 0.4) is 0 Å². The molecule has 1 N–H and O–H groups in total. The van der Waals surface area contributed by atoms with Gasteiger partial charge in [0, 0.05) is 19.5 Å². The van der Waals surface area contributed by atoms with Gasteiger partial charge in [0.25, 0.3) is 0 Å². The molecular formula is C18H30N2O. The Morgan fingerprint density at radius 3 is 2.10 bits per heavy atom. The SMILES string of the molecule is CC(C(=O)N(C)CC12CC3CC(CC(C3)C1)C2)C1CNC1. The van der Waals surface area contributed by atoms with Gasteiger partial charge in [0.15, 0.2) is 0 Å². The largest absolute Gasteiger partial charge is 0.345 e. The predicted octanol–water partition coefficient (Wildman–Crippen LogP) is 2.52. The molecule has 0 radical (unpaired) electrons. The van der Waals surface area contributed by atoms with Gasteiger partial charge < -0.3 is 10.2 Å². The van der Waals surface area contributed by atoms with E-state index in [9.17, 15) is 4.79 Å². The highest BCUT2D eigenvalue weighted by atomic mass is 16.2. The van der Waals surface area contributed by atoms with Crippen molar-refractivity contribution in [2.24, 2.45) is 35.0 Å². The predicted molar refractivity (Wildman–Crippen MR) is 83.8 cm³/mol. The third-order valence-electron chi connectivity index (χ3n) is 7.02. The fraction of sp³-hybridized carbons (Fsp3) is 0.944. The lowest BCUT2D eigenvalue weighted by Crippen LogP contribution is -2.54. The van der Waals surface area contributed by atoms with Gasteiger partial charge in [-0.25, -0.2) is 0 Å². The van der Waals surface area contributed by atoms with Gasteiger partial charge in [-0.1, -0.05) is 6.92 Å². The number of nitrogens with one attached hydrogen (secondary N) is 1. The number of hydrogen-bond acceptors (Lipinski definition) is 2. The maximum atomic E-state index is 12.7. The van der Waals surface area contributed by atoms with Gasteiger partial charge >= 0.3 is 0 Å². The number of amides is 1. The fourth-order valence-corrected chi connectivity index (χ4v) is 6.28. The Balaban J connectivity index is 1.41. The molecule has 5 fully saturated rings. The average Bonchev–Trinajstić information content (AvgIpc) is 2.33. The molecule has 1 amide bonds. The maximum absolute atomic E-state index is 12.7. The van der Waals surface area contributed by atoms with Crippen molar-refractivity contribution in [1.82, 2.24) is 10.2 Å². The van der Waals surface area contributed by atoms with Gasteiger partial charge in [0.1, 0.15) is 0 Å². The molecule has 21 heavy (non-hydrogen) atoms. The molecule has 5 rings (SSSR count). The summed E-state index contributed by atoms with van der Waals surface area (Å²) >= 11 is 0. The third-order valence-corrected chi connectivity index (χ3v) is 7.02. The Morgan fingerprint density at radius 2 is 1.67 bits per heavy atom. The number of nitrogens with zero attached hydrogens (tertiary/aromatic N) is 1. The van der Waals surface area contributed by atoms with Gasteiger partial charge in [0.2, 0.25) is 5.91 Å². The van der Waals surface area contributed by atoms with Crippen LogP contribution in [0.25, 0.3) is 0 Å². The summed E-state index contributed by atoms with van der Waals surface area (Å²) in [6, 6.07) is 0. The minimum Gasteiger partial charge on any atom is -0.345 e. The molecule has 3 heteroatoms. The Kier molecular flexibility index (Phi) is 3.33. The Labute approximate surface area is 128 Å². The second-order valence-corrected chi connectivity index (χ2v) is 8.82.